The van der Waals surface area contributed by atoms with Crippen molar-refractivity contribution in [3.05, 3.63) is 90.5 Å². The van der Waals surface area contributed by atoms with Gasteiger partial charge in [-0.3, -0.25) is 0 Å². The molecular weight excluding hydrogens is 300 g/mol. The fourth-order valence-corrected chi connectivity index (χ4v) is 7.63. The lowest BCUT2D eigenvalue weighted by Crippen LogP contribution is -2.44. The fourth-order valence-electron chi connectivity index (χ4n) is 2.57. The van der Waals surface area contributed by atoms with Gasteiger partial charge in [-0.05, 0) is 24.4 Å². The number of thioether (sulfide) groups is 1. The third-order valence-electron chi connectivity index (χ3n) is 3.84. The minimum atomic E-state index is -1.17. The Hall–Kier alpha value is -1.77. The minimum absolute atomic E-state index is 1.17. The van der Waals surface area contributed by atoms with Crippen LogP contribution in [-0.2, 0) is 0 Å². The van der Waals surface area contributed by atoms with Crippen molar-refractivity contribution in [3.63, 3.8) is 0 Å². The first-order valence-corrected chi connectivity index (χ1v) is 10.6. The first kappa shape index (κ1) is 15.1. The molecule has 0 spiro atoms. The Morgan fingerprint density at radius 2 is 1.18 bits per heavy atom. The van der Waals surface area contributed by atoms with E-state index in [1.165, 1.54) is 26.2 Å². The molecule has 0 amide bonds. The number of hydrogen-bond acceptors (Lipinski definition) is 1. The van der Waals surface area contributed by atoms with Gasteiger partial charge in [-0.1, -0.05) is 88.7 Å². The van der Waals surface area contributed by atoms with E-state index in [0.717, 1.165) is 0 Å². The molecule has 2 heteroatoms. The molecule has 0 heterocycles. The van der Waals surface area contributed by atoms with E-state index in [9.17, 15) is 0 Å². The summed E-state index contributed by atoms with van der Waals surface area (Å²) in [4.78, 5) is 1.37. The van der Waals surface area contributed by atoms with Crippen molar-refractivity contribution in [2.75, 3.05) is 5.38 Å². The summed E-state index contributed by atoms with van der Waals surface area (Å²) < 4.78 is 0. The van der Waals surface area contributed by atoms with Crippen LogP contribution in [0.25, 0.3) is 0 Å². The molecule has 0 unspecified atom stereocenters. The van der Waals surface area contributed by atoms with Crippen molar-refractivity contribution in [3.8, 4) is 0 Å². The summed E-state index contributed by atoms with van der Waals surface area (Å²) in [6.45, 7) is 2.14. The third kappa shape index (κ3) is 3.90. The molecule has 0 aliphatic heterocycles. The van der Waals surface area contributed by atoms with Gasteiger partial charge in [0.25, 0.3) is 0 Å². The summed E-state index contributed by atoms with van der Waals surface area (Å²) in [6.07, 6.45) is 0. The molecule has 0 aliphatic rings. The van der Waals surface area contributed by atoms with Gasteiger partial charge >= 0.3 is 0 Å². The van der Waals surface area contributed by atoms with E-state index in [2.05, 4.69) is 91.9 Å². The number of hydrogen-bond donors (Lipinski definition) is 0. The van der Waals surface area contributed by atoms with Crippen LogP contribution >= 0.6 is 11.8 Å². The normalized spacial score (nSPS) is 10.8. The molecule has 0 fully saturated rings. The van der Waals surface area contributed by atoms with Crippen molar-refractivity contribution < 1.29 is 0 Å². The second-order valence-electron chi connectivity index (χ2n) is 5.50. The van der Waals surface area contributed by atoms with Gasteiger partial charge in [0.2, 0.25) is 0 Å². The summed E-state index contributed by atoms with van der Waals surface area (Å²) in [5, 5.41) is 4.23. The van der Waals surface area contributed by atoms with Gasteiger partial charge in [-0.2, -0.15) is 0 Å². The lowest BCUT2D eigenvalue weighted by molar-refractivity contribution is 1.38. The van der Waals surface area contributed by atoms with Crippen LogP contribution in [-0.4, -0.2) is 14.2 Å². The van der Waals surface area contributed by atoms with Gasteiger partial charge in [0, 0.05) is 4.90 Å². The summed E-state index contributed by atoms with van der Waals surface area (Å²) in [7, 11) is -1.17. The van der Waals surface area contributed by atoms with Crippen molar-refractivity contribution >= 4 is 30.9 Å². The molecule has 0 bridgehead atoms. The maximum absolute atomic E-state index is 2.29. The van der Waals surface area contributed by atoms with Crippen LogP contribution < -0.4 is 10.4 Å². The van der Waals surface area contributed by atoms with Gasteiger partial charge in [-0.15, -0.1) is 11.8 Å². The second kappa shape index (κ2) is 7.48. The summed E-state index contributed by atoms with van der Waals surface area (Å²) in [5.74, 6) is 0. The molecule has 3 aromatic carbocycles. The SMILES string of the molecule is Cc1ccc(SC[SiH](c2ccccc2)c2ccccc2)cc1. The Labute approximate surface area is 138 Å². The van der Waals surface area contributed by atoms with E-state index in [1.54, 1.807) is 0 Å². The van der Waals surface area contributed by atoms with Crippen molar-refractivity contribution in [2.45, 2.75) is 11.8 Å². The number of benzene rings is 3. The molecule has 0 N–H and O–H groups in total. The second-order valence-corrected chi connectivity index (χ2v) is 10.0. The van der Waals surface area contributed by atoms with Gasteiger partial charge in [-0.25, -0.2) is 0 Å². The molecule has 0 saturated carbocycles. The molecule has 0 aliphatic carbocycles. The van der Waals surface area contributed by atoms with E-state index in [1.807, 2.05) is 11.8 Å². The Kier molecular flexibility index (Phi) is 5.14. The van der Waals surface area contributed by atoms with Crippen molar-refractivity contribution in [2.24, 2.45) is 0 Å². The molecule has 22 heavy (non-hydrogen) atoms. The van der Waals surface area contributed by atoms with Crippen LogP contribution in [0, 0.1) is 6.92 Å². The van der Waals surface area contributed by atoms with Crippen LogP contribution in [0.4, 0.5) is 0 Å². The molecule has 0 nitrogen and oxygen atoms in total. The molecular formula is C20H20SSi. The average molecular weight is 321 g/mol. The van der Waals surface area contributed by atoms with E-state index < -0.39 is 8.80 Å². The highest BCUT2D eigenvalue weighted by atomic mass is 32.2. The standard InChI is InChI=1S/C20H20SSi/c1-17-12-14-18(15-13-17)21-16-22(19-8-4-2-5-9-19)20-10-6-3-7-11-20/h2-15,22H,16H2,1H3. The predicted octanol–water partition coefficient (Wildman–Crippen LogP) is 3.67. The number of rotatable bonds is 5. The van der Waals surface area contributed by atoms with Crippen molar-refractivity contribution in [1.82, 2.24) is 0 Å². The lowest BCUT2D eigenvalue weighted by atomic mass is 10.2. The first-order valence-electron chi connectivity index (χ1n) is 7.62. The van der Waals surface area contributed by atoms with Crippen LogP contribution in [0.2, 0.25) is 0 Å². The Balaban J connectivity index is 1.81. The van der Waals surface area contributed by atoms with E-state index in [4.69, 9.17) is 0 Å². The Morgan fingerprint density at radius 3 is 1.68 bits per heavy atom. The first-order chi connectivity index (χ1) is 10.8. The van der Waals surface area contributed by atoms with Gasteiger partial charge in [0.1, 0.15) is 8.80 Å². The Bertz CT molecular complexity index is 653. The van der Waals surface area contributed by atoms with Crippen LogP contribution in [0.1, 0.15) is 5.56 Å². The highest BCUT2D eigenvalue weighted by molar-refractivity contribution is 8.00. The molecule has 3 aromatic rings. The lowest BCUT2D eigenvalue weighted by Gasteiger charge is -2.16. The van der Waals surface area contributed by atoms with E-state index in [0.29, 0.717) is 0 Å². The Morgan fingerprint density at radius 1 is 0.682 bits per heavy atom. The van der Waals surface area contributed by atoms with E-state index in [-0.39, 0.29) is 0 Å². The highest BCUT2D eigenvalue weighted by Gasteiger charge is 2.16. The monoisotopic (exact) mass is 320 g/mol. The van der Waals surface area contributed by atoms with Gasteiger partial charge in [0.05, 0.1) is 0 Å². The summed E-state index contributed by atoms with van der Waals surface area (Å²) >= 11 is 1.99. The molecule has 0 saturated heterocycles. The van der Waals surface area contributed by atoms with Crippen LogP contribution in [0.5, 0.6) is 0 Å². The fraction of sp³-hybridized carbons (Fsp3) is 0.100. The maximum Gasteiger partial charge on any atom is 0.113 e. The zero-order chi connectivity index (χ0) is 15.2. The predicted molar refractivity (Wildman–Crippen MR) is 101 cm³/mol. The molecule has 0 atom stereocenters. The van der Waals surface area contributed by atoms with Crippen LogP contribution in [0.3, 0.4) is 0 Å². The third-order valence-corrected chi connectivity index (χ3v) is 8.83. The maximum atomic E-state index is 2.29. The zero-order valence-electron chi connectivity index (χ0n) is 12.8. The zero-order valence-corrected chi connectivity index (χ0v) is 14.7. The molecule has 0 radical (unpaired) electrons. The summed E-state index contributed by atoms with van der Waals surface area (Å²) in [5.41, 5.74) is 1.32. The quantitative estimate of drug-likeness (QED) is 0.510. The molecule has 0 aromatic heterocycles. The topological polar surface area (TPSA) is 0 Å². The van der Waals surface area contributed by atoms with Gasteiger partial charge in [0.15, 0.2) is 0 Å². The smallest absolute Gasteiger partial charge is 0.113 e. The van der Waals surface area contributed by atoms with Crippen molar-refractivity contribution in [1.29, 1.82) is 0 Å². The highest BCUT2D eigenvalue weighted by Crippen LogP contribution is 2.19. The minimum Gasteiger partial charge on any atom is -0.129 e. The molecule has 110 valence electrons. The van der Waals surface area contributed by atoms with Crippen LogP contribution in [0.15, 0.2) is 89.8 Å². The van der Waals surface area contributed by atoms with E-state index >= 15 is 0 Å². The largest absolute Gasteiger partial charge is 0.129 e. The molecule has 3 rings (SSSR count). The van der Waals surface area contributed by atoms with Gasteiger partial charge < -0.3 is 0 Å². The number of aryl methyl sites for hydroxylation is 1. The summed E-state index contributed by atoms with van der Waals surface area (Å²) in [6, 6.07) is 30.9. The average Bonchev–Trinajstić information content (AvgIpc) is 2.59.